The van der Waals surface area contributed by atoms with E-state index in [0.29, 0.717) is 23.5 Å². The molecule has 35 heavy (non-hydrogen) atoms. The van der Waals surface area contributed by atoms with Gasteiger partial charge in [0, 0.05) is 11.1 Å². The van der Waals surface area contributed by atoms with Crippen LogP contribution in [0.4, 0.5) is 5.13 Å². The molecule has 1 N–H and O–H groups in total. The summed E-state index contributed by atoms with van der Waals surface area (Å²) in [6, 6.07) is 20.9. The van der Waals surface area contributed by atoms with Crippen LogP contribution in [0, 0.1) is 0 Å². The lowest BCUT2D eigenvalue weighted by molar-refractivity contribution is -0.148. The first-order chi connectivity index (χ1) is 17.1. The van der Waals surface area contributed by atoms with E-state index in [9.17, 15) is 4.79 Å². The Bertz CT molecular complexity index is 1480. The molecule has 0 bridgehead atoms. The van der Waals surface area contributed by atoms with Gasteiger partial charge in [-0.2, -0.15) is 0 Å². The lowest BCUT2D eigenvalue weighted by Crippen LogP contribution is -2.52. The number of aromatic nitrogens is 1. The van der Waals surface area contributed by atoms with Crippen LogP contribution in [-0.2, 0) is 9.53 Å². The summed E-state index contributed by atoms with van der Waals surface area (Å²) in [5.41, 5.74) is 2.95. The van der Waals surface area contributed by atoms with Crippen LogP contribution in [-0.4, -0.2) is 31.0 Å². The summed E-state index contributed by atoms with van der Waals surface area (Å²) < 4.78 is 24.4. The van der Waals surface area contributed by atoms with Gasteiger partial charge < -0.3 is 24.3 Å². The number of hydrogen-bond donors (Lipinski definition) is 1. The molecule has 6 rings (SSSR count). The van der Waals surface area contributed by atoms with Crippen LogP contribution >= 0.6 is 11.3 Å². The molecule has 0 saturated heterocycles. The Morgan fingerprint density at radius 2 is 1.83 bits per heavy atom. The molecule has 176 valence electrons. The van der Waals surface area contributed by atoms with Gasteiger partial charge in [0.05, 0.1) is 36.9 Å². The molecule has 0 fully saturated rings. The lowest BCUT2D eigenvalue weighted by Gasteiger charge is -2.44. The smallest absolute Gasteiger partial charge is 0.341 e. The monoisotopic (exact) mass is 486 g/mol. The third kappa shape index (κ3) is 3.66. The molecule has 7 nitrogen and oxygen atoms in total. The van der Waals surface area contributed by atoms with Crippen molar-refractivity contribution in [2.75, 3.05) is 19.5 Å². The quantitative estimate of drug-likeness (QED) is 0.377. The van der Waals surface area contributed by atoms with Crippen LogP contribution in [0.2, 0.25) is 0 Å². The molecule has 0 amide bonds. The van der Waals surface area contributed by atoms with Gasteiger partial charge in [-0.3, -0.25) is 0 Å². The molecule has 2 atom stereocenters. The van der Waals surface area contributed by atoms with Crippen molar-refractivity contribution in [3.63, 3.8) is 0 Å². The second-order valence-electron chi connectivity index (χ2n) is 8.34. The van der Waals surface area contributed by atoms with Crippen LogP contribution in [0.3, 0.4) is 0 Å². The highest BCUT2D eigenvalue weighted by Crippen LogP contribution is 2.48. The van der Waals surface area contributed by atoms with Crippen molar-refractivity contribution in [2.24, 2.45) is 0 Å². The molecule has 0 aliphatic carbocycles. The number of nitrogens with zero attached hydrogens (tertiary/aromatic N) is 1. The number of anilines is 1. The van der Waals surface area contributed by atoms with Crippen LogP contribution < -0.4 is 19.5 Å². The van der Waals surface area contributed by atoms with E-state index in [2.05, 4.69) is 5.32 Å². The van der Waals surface area contributed by atoms with Crippen LogP contribution in [0.5, 0.6) is 17.2 Å². The number of esters is 1. The van der Waals surface area contributed by atoms with Crippen molar-refractivity contribution < 1.29 is 23.7 Å². The van der Waals surface area contributed by atoms with E-state index in [0.717, 1.165) is 32.2 Å². The van der Waals surface area contributed by atoms with Crippen molar-refractivity contribution in [1.29, 1.82) is 0 Å². The SMILES string of the molecule is COC(=O)C1=Cc2ccccc2OC12C[C@H](Nc1nc3ccc(OC)cc3s1)c1ccccc1O2. The van der Waals surface area contributed by atoms with E-state index in [1.165, 1.54) is 7.11 Å². The Morgan fingerprint density at radius 1 is 1.06 bits per heavy atom. The minimum Gasteiger partial charge on any atom is -0.497 e. The van der Waals surface area contributed by atoms with Gasteiger partial charge in [-0.25, -0.2) is 9.78 Å². The molecule has 1 unspecified atom stereocenters. The molecule has 1 aromatic heterocycles. The fourth-order valence-corrected chi connectivity index (χ4v) is 5.52. The van der Waals surface area contributed by atoms with E-state index in [-0.39, 0.29) is 6.04 Å². The van der Waals surface area contributed by atoms with E-state index in [1.807, 2.05) is 66.7 Å². The number of ether oxygens (including phenoxy) is 4. The Balaban J connectivity index is 1.42. The summed E-state index contributed by atoms with van der Waals surface area (Å²) >= 11 is 1.54. The molecule has 2 aliphatic rings. The number of methoxy groups -OCH3 is 2. The normalized spacial score (nSPS) is 20.2. The highest BCUT2D eigenvalue weighted by atomic mass is 32.1. The molecule has 3 aromatic carbocycles. The van der Waals surface area contributed by atoms with Gasteiger partial charge in [-0.1, -0.05) is 47.7 Å². The molecular weight excluding hydrogens is 464 g/mol. The lowest BCUT2D eigenvalue weighted by atomic mass is 9.87. The zero-order valence-corrected chi connectivity index (χ0v) is 19.9. The van der Waals surface area contributed by atoms with Gasteiger partial charge in [-0.15, -0.1) is 0 Å². The van der Waals surface area contributed by atoms with Crippen molar-refractivity contribution in [3.8, 4) is 17.2 Å². The summed E-state index contributed by atoms with van der Waals surface area (Å²) in [7, 11) is 3.01. The standard InChI is InChI=1S/C27H22N2O5S/c1-31-17-11-12-20-24(14-17)35-26(28-20)29-21-15-27(34-23-10-6-4-8-18(21)23)19(25(30)32-2)13-16-7-3-5-9-22(16)33-27/h3-14,21H,15H2,1-2H3,(H,28,29)/t21-,27?/m0/s1. The second kappa shape index (κ2) is 8.32. The number of nitrogens with one attached hydrogen (secondary N) is 1. The Kier molecular flexibility index (Phi) is 5.11. The summed E-state index contributed by atoms with van der Waals surface area (Å²) in [6.45, 7) is 0. The van der Waals surface area contributed by atoms with Gasteiger partial charge in [0.1, 0.15) is 22.8 Å². The van der Waals surface area contributed by atoms with Crippen LogP contribution in [0.15, 0.2) is 72.3 Å². The number of hydrogen-bond acceptors (Lipinski definition) is 8. The first-order valence-corrected chi connectivity index (χ1v) is 12.0. The van der Waals surface area contributed by atoms with Crippen molar-refractivity contribution >= 4 is 38.7 Å². The topological polar surface area (TPSA) is 78.9 Å². The second-order valence-corrected chi connectivity index (χ2v) is 9.37. The number of para-hydroxylation sites is 2. The molecule has 3 heterocycles. The largest absolute Gasteiger partial charge is 0.497 e. The van der Waals surface area contributed by atoms with E-state index in [4.69, 9.17) is 23.9 Å². The van der Waals surface area contributed by atoms with Gasteiger partial charge in [0.2, 0.25) is 0 Å². The maximum Gasteiger partial charge on any atom is 0.341 e. The molecule has 8 heteroatoms. The number of fused-ring (bicyclic) bond motifs is 3. The first-order valence-electron chi connectivity index (χ1n) is 11.2. The fraction of sp³-hybridized carbons (Fsp3) is 0.185. The number of rotatable bonds is 4. The predicted molar refractivity (Wildman–Crippen MR) is 134 cm³/mol. The maximum absolute atomic E-state index is 12.9. The van der Waals surface area contributed by atoms with E-state index >= 15 is 0 Å². The molecule has 1 spiro atoms. The molecule has 4 aromatic rings. The average molecular weight is 487 g/mol. The van der Waals surface area contributed by atoms with Gasteiger partial charge in [0.15, 0.2) is 5.13 Å². The van der Waals surface area contributed by atoms with Crippen molar-refractivity contribution in [3.05, 3.63) is 83.4 Å². The third-order valence-corrected chi connectivity index (χ3v) is 7.19. The van der Waals surface area contributed by atoms with Crippen LogP contribution in [0.25, 0.3) is 16.3 Å². The van der Waals surface area contributed by atoms with Gasteiger partial charge in [-0.05, 0) is 36.4 Å². The third-order valence-electron chi connectivity index (χ3n) is 6.24. The van der Waals surface area contributed by atoms with Gasteiger partial charge in [0.25, 0.3) is 5.79 Å². The van der Waals surface area contributed by atoms with E-state index in [1.54, 1.807) is 24.5 Å². The summed E-state index contributed by atoms with van der Waals surface area (Å²) in [6.07, 6.45) is 2.12. The average Bonchev–Trinajstić information content (AvgIpc) is 3.29. The highest BCUT2D eigenvalue weighted by Gasteiger charge is 2.51. The highest BCUT2D eigenvalue weighted by molar-refractivity contribution is 7.22. The van der Waals surface area contributed by atoms with Crippen molar-refractivity contribution in [1.82, 2.24) is 4.98 Å². The Labute approximate surface area is 205 Å². The maximum atomic E-state index is 12.9. The fourth-order valence-electron chi connectivity index (χ4n) is 4.57. The minimum atomic E-state index is -1.35. The minimum absolute atomic E-state index is 0.235. The predicted octanol–water partition coefficient (Wildman–Crippen LogP) is 5.59. The van der Waals surface area contributed by atoms with Crippen molar-refractivity contribution in [2.45, 2.75) is 18.2 Å². The first kappa shape index (κ1) is 21.5. The molecule has 0 saturated carbocycles. The number of benzene rings is 3. The number of thiazole rings is 1. The summed E-state index contributed by atoms with van der Waals surface area (Å²) in [5.74, 6) is 0.210. The number of carbonyl (C=O) groups excluding carboxylic acids is 1. The molecule has 2 aliphatic heterocycles. The molecule has 0 radical (unpaired) electrons. The Hall–Kier alpha value is -4.04. The number of carbonyl (C=O) groups is 1. The zero-order chi connectivity index (χ0) is 24.0. The summed E-state index contributed by atoms with van der Waals surface area (Å²) in [5, 5.41) is 4.32. The van der Waals surface area contributed by atoms with Crippen LogP contribution in [0.1, 0.15) is 23.6 Å². The van der Waals surface area contributed by atoms with E-state index < -0.39 is 11.8 Å². The zero-order valence-electron chi connectivity index (χ0n) is 19.1. The molecular formula is C27H22N2O5S. The Morgan fingerprint density at radius 3 is 2.66 bits per heavy atom. The van der Waals surface area contributed by atoms with Gasteiger partial charge >= 0.3 is 5.97 Å². The summed E-state index contributed by atoms with van der Waals surface area (Å²) in [4.78, 5) is 17.7.